The monoisotopic (exact) mass is 233 g/mol. The standard InChI is InChI=1S/C11H20ClNO2/c1-7-8(2)15-9(3)10(7)11(14)13-6-4-5-12/h7-10H,4-6H2,1-3H3,(H,13,14). The van der Waals surface area contributed by atoms with Gasteiger partial charge in [0.15, 0.2) is 0 Å². The Morgan fingerprint density at radius 3 is 2.47 bits per heavy atom. The highest BCUT2D eigenvalue weighted by molar-refractivity contribution is 6.17. The SMILES string of the molecule is CC1OC(C)C(C(=O)NCCCCl)C1C. The van der Waals surface area contributed by atoms with Crippen LogP contribution >= 0.6 is 11.6 Å². The van der Waals surface area contributed by atoms with Gasteiger partial charge in [-0.05, 0) is 26.2 Å². The fourth-order valence-corrected chi connectivity index (χ4v) is 2.25. The topological polar surface area (TPSA) is 38.3 Å². The van der Waals surface area contributed by atoms with Gasteiger partial charge in [-0.1, -0.05) is 6.92 Å². The largest absolute Gasteiger partial charge is 0.374 e. The zero-order chi connectivity index (χ0) is 11.4. The van der Waals surface area contributed by atoms with E-state index in [1.54, 1.807) is 0 Å². The second-order valence-corrected chi connectivity index (χ2v) is 4.64. The van der Waals surface area contributed by atoms with Gasteiger partial charge in [0.05, 0.1) is 18.1 Å². The first-order chi connectivity index (χ1) is 7.07. The molecular formula is C11H20ClNO2. The first-order valence-corrected chi connectivity index (χ1v) is 6.10. The summed E-state index contributed by atoms with van der Waals surface area (Å²) in [5.41, 5.74) is 0. The number of nitrogens with one attached hydrogen (secondary N) is 1. The number of alkyl halides is 1. The minimum Gasteiger partial charge on any atom is -0.374 e. The van der Waals surface area contributed by atoms with E-state index in [1.807, 2.05) is 13.8 Å². The van der Waals surface area contributed by atoms with E-state index >= 15 is 0 Å². The molecule has 1 amide bonds. The molecule has 15 heavy (non-hydrogen) atoms. The first-order valence-electron chi connectivity index (χ1n) is 5.57. The molecule has 4 atom stereocenters. The van der Waals surface area contributed by atoms with Crippen molar-refractivity contribution in [3.05, 3.63) is 0 Å². The van der Waals surface area contributed by atoms with Gasteiger partial charge in [-0.3, -0.25) is 4.79 Å². The Morgan fingerprint density at radius 1 is 1.33 bits per heavy atom. The third-order valence-corrected chi connectivity index (χ3v) is 3.42. The molecule has 0 bridgehead atoms. The van der Waals surface area contributed by atoms with Crippen LogP contribution in [0.5, 0.6) is 0 Å². The summed E-state index contributed by atoms with van der Waals surface area (Å²) >= 11 is 5.55. The molecule has 3 nitrogen and oxygen atoms in total. The third-order valence-electron chi connectivity index (χ3n) is 3.15. The van der Waals surface area contributed by atoms with E-state index in [4.69, 9.17) is 16.3 Å². The molecule has 0 aromatic heterocycles. The van der Waals surface area contributed by atoms with E-state index in [0.717, 1.165) is 6.42 Å². The highest BCUT2D eigenvalue weighted by atomic mass is 35.5. The quantitative estimate of drug-likeness (QED) is 0.594. The van der Waals surface area contributed by atoms with Crippen LogP contribution in [0.4, 0.5) is 0 Å². The number of ether oxygens (including phenoxy) is 1. The maximum Gasteiger partial charge on any atom is 0.226 e. The molecule has 0 aromatic rings. The highest BCUT2D eigenvalue weighted by Gasteiger charge is 2.41. The third kappa shape index (κ3) is 3.08. The molecule has 4 unspecified atom stereocenters. The van der Waals surface area contributed by atoms with Crippen LogP contribution < -0.4 is 5.32 Å². The van der Waals surface area contributed by atoms with Crippen molar-refractivity contribution < 1.29 is 9.53 Å². The molecule has 0 radical (unpaired) electrons. The zero-order valence-electron chi connectivity index (χ0n) is 9.63. The van der Waals surface area contributed by atoms with Crippen LogP contribution in [-0.4, -0.2) is 30.5 Å². The van der Waals surface area contributed by atoms with E-state index < -0.39 is 0 Å². The van der Waals surface area contributed by atoms with Gasteiger partial charge in [0.2, 0.25) is 5.91 Å². The van der Waals surface area contributed by atoms with Gasteiger partial charge in [0.25, 0.3) is 0 Å². The lowest BCUT2D eigenvalue weighted by Gasteiger charge is -2.17. The van der Waals surface area contributed by atoms with E-state index in [9.17, 15) is 4.79 Å². The van der Waals surface area contributed by atoms with Crippen molar-refractivity contribution in [2.75, 3.05) is 12.4 Å². The van der Waals surface area contributed by atoms with Crippen LogP contribution in [0.2, 0.25) is 0 Å². The average Bonchev–Trinajstić information content (AvgIpc) is 2.41. The number of amides is 1. The molecule has 0 aromatic carbocycles. The van der Waals surface area contributed by atoms with E-state index in [1.165, 1.54) is 0 Å². The number of halogens is 1. The van der Waals surface area contributed by atoms with Gasteiger partial charge in [-0.25, -0.2) is 0 Å². The molecular weight excluding hydrogens is 214 g/mol. The summed E-state index contributed by atoms with van der Waals surface area (Å²) in [6.45, 7) is 6.71. The highest BCUT2D eigenvalue weighted by Crippen LogP contribution is 2.32. The molecule has 88 valence electrons. The molecule has 0 spiro atoms. The number of rotatable bonds is 4. The Labute approximate surface area is 96.5 Å². The molecule has 1 fully saturated rings. The fraction of sp³-hybridized carbons (Fsp3) is 0.909. The van der Waals surface area contributed by atoms with Crippen molar-refractivity contribution in [1.82, 2.24) is 5.32 Å². The van der Waals surface area contributed by atoms with Crippen molar-refractivity contribution in [3.8, 4) is 0 Å². The number of hydrogen-bond donors (Lipinski definition) is 1. The minimum absolute atomic E-state index is 0.0182. The maximum atomic E-state index is 11.9. The number of hydrogen-bond acceptors (Lipinski definition) is 2. The predicted octanol–water partition coefficient (Wildman–Crippen LogP) is 1.79. The molecule has 1 saturated heterocycles. The van der Waals surface area contributed by atoms with Gasteiger partial charge in [-0.2, -0.15) is 0 Å². The van der Waals surface area contributed by atoms with Gasteiger partial charge < -0.3 is 10.1 Å². The smallest absolute Gasteiger partial charge is 0.226 e. The summed E-state index contributed by atoms with van der Waals surface area (Å²) in [4.78, 5) is 11.9. The van der Waals surface area contributed by atoms with Crippen LogP contribution in [0.25, 0.3) is 0 Å². The zero-order valence-corrected chi connectivity index (χ0v) is 10.4. The Bertz CT molecular complexity index is 223. The van der Waals surface area contributed by atoms with Gasteiger partial charge >= 0.3 is 0 Å². The number of carbonyl (C=O) groups excluding carboxylic acids is 1. The molecule has 1 heterocycles. The van der Waals surface area contributed by atoms with Crippen LogP contribution in [0.3, 0.4) is 0 Å². The van der Waals surface area contributed by atoms with E-state index in [2.05, 4.69) is 12.2 Å². The molecule has 1 aliphatic heterocycles. The molecule has 0 saturated carbocycles. The average molecular weight is 234 g/mol. The fourth-order valence-electron chi connectivity index (χ4n) is 2.11. The maximum absolute atomic E-state index is 11.9. The lowest BCUT2D eigenvalue weighted by Crippen LogP contribution is -2.37. The Morgan fingerprint density at radius 2 is 2.00 bits per heavy atom. The summed E-state index contributed by atoms with van der Waals surface area (Å²) in [6.07, 6.45) is 1.01. The van der Waals surface area contributed by atoms with E-state index in [-0.39, 0.29) is 30.0 Å². The van der Waals surface area contributed by atoms with Crippen LogP contribution in [0.1, 0.15) is 27.2 Å². The van der Waals surface area contributed by atoms with Crippen LogP contribution in [-0.2, 0) is 9.53 Å². The molecule has 0 aliphatic carbocycles. The van der Waals surface area contributed by atoms with Crippen molar-refractivity contribution in [2.45, 2.75) is 39.4 Å². The first kappa shape index (κ1) is 12.8. The van der Waals surface area contributed by atoms with Crippen LogP contribution in [0, 0.1) is 11.8 Å². The summed E-state index contributed by atoms with van der Waals surface area (Å²) in [5.74, 6) is 0.957. The van der Waals surface area contributed by atoms with Crippen molar-refractivity contribution in [2.24, 2.45) is 11.8 Å². The molecule has 1 rings (SSSR count). The van der Waals surface area contributed by atoms with Crippen molar-refractivity contribution in [1.29, 1.82) is 0 Å². The normalized spacial score (nSPS) is 35.5. The van der Waals surface area contributed by atoms with Crippen molar-refractivity contribution in [3.63, 3.8) is 0 Å². The van der Waals surface area contributed by atoms with Gasteiger partial charge in [0.1, 0.15) is 0 Å². The van der Waals surface area contributed by atoms with Gasteiger partial charge in [-0.15, -0.1) is 11.6 Å². The second-order valence-electron chi connectivity index (χ2n) is 4.26. The molecule has 1 N–H and O–H groups in total. The molecule has 1 aliphatic rings. The second kappa shape index (κ2) is 5.71. The predicted molar refractivity (Wildman–Crippen MR) is 61.0 cm³/mol. The summed E-state index contributed by atoms with van der Waals surface area (Å²) in [7, 11) is 0. The Hall–Kier alpha value is -0.280. The Balaban J connectivity index is 2.44. The number of carbonyl (C=O) groups is 1. The lowest BCUT2D eigenvalue weighted by atomic mass is 9.89. The van der Waals surface area contributed by atoms with Crippen LogP contribution in [0.15, 0.2) is 0 Å². The lowest BCUT2D eigenvalue weighted by molar-refractivity contribution is -0.127. The minimum atomic E-state index is -0.0182. The molecule has 4 heteroatoms. The van der Waals surface area contributed by atoms with E-state index in [0.29, 0.717) is 12.4 Å². The summed E-state index contributed by atoms with van der Waals surface area (Å²) in [6, 6.07) is 0. The summed E-state index contributed by atoms with van der Waals surface area (Å²) < 4.78 is 5.63. The summed E-state index contributed by atoms with van der Waals surface area (Å²) in [5, 5.41) is 2.90. The van der Waals surface area contributed by atoms with Crippen molar-refractivity contribution >= 4 is 17.5 Å². The van der Waals surface area contributed by atoms with Gasteiger partial charge in [0, 0.05) is 12.4 Å². The Kier molecular flexibility index (Phi) is 4.87.